The van der Waals surface area contributed by atoms with Gasteiger partial charge in [0.15, 0.2) is 0 Å². The molecule has 0 saturated carbocycles. The van der Waals surface area contributed by atoms with Gasteiger partial charge in [-0.05, 0) is 31.7 Å². The van der Waals surface area contributed by atoms with Crippen LogP contribution in [0, 0.1) is 0 Å². The topological polar surface area (TPSA) is 74.6 Å². The van der Waals surface area contributed by atoms with E-state index in [0.29, 0.717) is 26.2 Å². The second kappa shape index (κ2) is 7.83. The van der Waals surface area contributed by atoms with Gasteiger partial charge in [0, 0.05) is 38.4 Å². The van der Waals surface area contributed by atoms with E-state index in [0.717, 1.165) is 25.7 Å². The van der Waals surface area contributed by atoms with Crippen LogP contribution in [0.25, 0.3) is 0 Å². The van der Waals surface area contributed by atoms with E-state index >= 15 is 0 Å². The van der Waals surface area contributed by atoms with E-state index in [2.05, 4.69) is 5.32 Å². The number of aliphatic hydroxyl groups excluding tert-OH is 1. The number of nitrogens with one attached hydrogen (secondary N) is 1. The highest BCUT2D eigenvalue weighted by molar-refractivity contribution is 5.74. The number of piperidine rings is 1. The fraction of sp³-hybridized carbons (Fsp3) is 0.600. The van der Waals surface area contributed by atoms with Crippen molar-refractivity contribution in [3.63, 3.8) is 0 Å². The van der Waals surface area contributed by atoms with Gasteiger partial charge in [-0.2, -0.15) is 0 Å². The summed E-state index contributed by atoms with van der Waals surface area (Å²) in [7, 11) is 0. The molecule has 6 heteroatoms. The van der Waals surface area contributed by atoms with Crippen LogP contribution >= 0.6 is 0 Å². The predicted octanol–water partition coefficient (Wildman–Crippen LogP) is 0.795. The number of aliphatic hydroxyl groups is 1. The molecule has 1 fully saturated rings. The zero-order valence-corrected chi connectivity index (χ0v) is 12.2. The monoisotopic (exact) mass is 293 g/mol. The Balaban J connectivity index is 1.62. The number of hydrogen-bond donors (Lipinski definition) is 2. The van der Waals surface area contributed by atoms with Gasteiger partial charge in [0.05, 0.1) is 6.10 Å². The first kappa shape index (κ1) is 15.6. The van der Waals surface area contributed by atoms with Crippen molar-refractivity contribution >= 4 is 6.03 Å². The number of pyridine rings is 1. The number of carbonyl (C=O) groups is 1. The Bertz CT molecular complexity index is 515. The summed E-state index contributed by atoms with van der Waals surface area (Å²) in [6.45, 7) is 2.39. The number of nitrogens with zero attached hydrogens (tertiary/aromatic N) is 2. The fourth-order valence-electron chi connectivity index (χ4n) is 2.50. The number of likely N-dealkylation sites (tertiary alicyclic amines) is 1. The van der Waals surface area contributed by atoms with Crippen molar-refractivity contribution < 1.29 is 9.90 Å². The lowest BCUT2D eigenvalue weighted by Gasteiger charge is -2.30. The van der Waals surface area contributed by atoms with Crippen LogP contribution in [0.1, 0.15) is 25.7 Å². The Morgan fingerprint density at radius 2 is 2.24 bits per heavy atom. The molecule has 1 unspecified atom stereocenters. The van der Waals surface area contributed by atoms with E-state index < -0.39 is 6.10 Å². The SMILES string of the molecule is O=C(NCCCCn1ccccc1=O)N1CCCC(O)C1. The minimum atomic E-state index is -0.394. The van der Waals surface area contributed by atoms with Gasteiger partial charge >= 0.3 is 6.03 Å². The highest BCUT2D eigenvalue weighted by Crippen LogP contribution is 2.09. The zero-order chi connectivity index (χ0) is 15.1. The van der Waals surface area contributed by atoms with E-state index in [-0.39, 0.29) is 11.6 Å². The van der Waals surface area contributed by atoms with Crippen molar-refractivity contribution in [3.8, 4) is 0 Å². The molecule has 6 nitrogen and oxygen atoms in total. The van der Waals surface area contributed by atoms with Crippen molar-refractivity contribution in [2.24, 2.45) is 0 Å². The third kappa shape index (κ3) is 4.90. The van der Waals surface area contributed by atoms with Crippen molar-refractivity contribution in [1.29, 1.82) is 0 Å². The summed E-state index contributed by atoms with van der Waals surface area (Å²) >= 11 is 0. The van der Waals surface area contributed by atoms with Gasteiger partial charge in [-0.15, -0.1) is 0 Å². The Kier molecular flexibility index (Phi) is 5.80. The van der Waals surface area contributed by atoms with Gasteiger partial charge < -0.3 is 19.9 Å². The molecule has 0 spiro atoms. The number of hydrogen-bond acceptors (Lipinski definition) is 3. The minimum Gasteiger partial charge on any atom is -0.391 e. The Labute approximate surface area is 124 Å². The molecule has 116 valence electrons. The number of carbonyl (C=O) groups excluding carboxylic acids is 1. The van der Waals surface area contributed by atoms with Crippen LogP contribution in [0.4, 0.5) is 4.79 Å². The molecule has 1 aromatic rings. The lowest BCUT2D eigenvalue weighted by molar-refractivity contribution is 0.0843. The summed E-state index contributed by atoms with van der Waals surface area (Å²) in [6.07, 6.45) is 4.67. The zero-order valence-electron chi connectivity index (χ0n) is 12.2. The van der Waals surface area contributed by atoms with Crippen molar-refractivity contribution in [1.82, 2.24) is 14.8 Å². The molecule has 2 rings (SSSR count). The van der Waals surface area contributed by atoms with E-state index in [4.69, 9.17) is 0 Å². The van der Waals surface area contributed by atoms with Crippen LogP contribution in [-0.2, 0) is 6.54 Å². The number of aromatic nitrogens is 1. The highest BCUT2D eigenvalue weighted by atomic mass is 16.3. The van der Waals surface area contributed by atoms with E-state index in [1.165, 1.54) is 0 Å². The van der Waals surface area contributed by atoms with Crippen LogP contribution in [0.3, 0.4) is 0 Å². The summed E-state index contributed by atoms with van der Waals surface area (Å²) in [4.78, 5) is 25.0. The Hall–Kier alpha value is -1.82. The molecule has 21 heavy (non-hydrogen) atoms. The largest absolute Gasteiger partial charge is 0.391 e. The minimum absolute atomic E-state index is 0.00356. The first-order valence-electron chi connectivity index (χ1n) is 7.53. The predicted molar refractivity (Wildman–Crippen MR) is 80.1 cm³/mol. The first-order chi connectivity index (χ1) is 10.2. The smallest absolute Gasteiger partial charge is 0.317 e. The molecule has 0 aromatic carbocycles. The van der Waals surface area contributed by atoms with Crippen molar-refractivity contribution in [3.05, 3.63) is 34.7 Å². The summed E-state index contributed by atoms with van der Waals surface area (Å²) < 4.78 is 1.67. The molecule has 2 N–H and O–H groups in total. The quantitative estimate of drug-likeness (QED) is 0.788. The van der Waals surface area contributed by atoms with Crippen LogP contribution in [0.5, 0.6) is 0 Å². The molecule has 1 aliphatic rings. The van der Waals surface area contributed by atoms with Crippen LogP contribution < -0.4 is 10.9 Å². The fourth-order valence-corrected chi connectivity index (χ4v) is 2.50. The van der Waals surface area contributed by atoms with Crippen molar-refractivity contribution in [2.45, 2.75) is 38.3 Å². The number of urea groups is 1. The average Bonchev–Trinajstić information content (AvgIpc) is 2.48. The van der Waals surface area contributed by atoms with Gasteiger partial charge in [-0.25, -0.2) is 4.79 Å². The molecule has 1 saturated heterocycles. The van der Waals surface area contributed by atoms with Gasteiger partial charge in [0.1, 0.15) is 0 Å². The second-order valence-electron chi connectivity index (χ2n) is 5.41. The van der Waals surface area contributed by atoms with E-state index in [1.807, 2.05) is 6.07 Å². The molecule has 1 aliphatic heterocycles. The Morgan fingerprint density at radius 3 is 3.00 bits per heavy atom. The molecule has 0 bridgehead atoms. The van der Waals surface area contributed by atoms with Crippen LogP contribution in [0.2, 0.25) is 0 Å². The standard InChI is InChI=1S/C15H23N3O3/c19-13-6-5-11-18(12-13)15(21)16-8-2-4-10-17-9-3-1-7-14(17)20/h1,3,7,9,13,19H,2,4-6,8,10-12H2,(H,16,21). The normalized spacial score (nSPS) is 18.5. The number of rotatable bonds is 5. The third-order valence-electron chi connectivity index (χ3n) is 3.68. The maximum Gasteiger partial charge on any atom is 0.317 e. The van der Waals surface area contributed by atoms with Crippen LogP contribution in [-0.4, -0.2) is 46.3 Å². The number of unbranched alkanes of at least 4 members (excludes halogenated alkanes) is 1. The molecule has 0 radical (unpaired) electrons. The lowest BCUT2D eigenvalue weighted by atomic mass is 10.1. The first-order valence-corrected chi connectivity index (χ1v) is 7.53. The molecular weight excluding hydrogens is 270 g/mol. The summed E-state index contributed by atoms with van der Waals surface area (Å²) in [5, 5.41) is 12.4. The number of β-amino-alcohol motifs (C(OH)–C–C–N with tert-alkyl or cyclic N) is 1. The highest BCUT2D eigenvalue weighted by Gasteiger charge is 2.21. The maximum atomic E-state index is 11.9. The second-order valence-corrected chi connectivity index (χ2v) is 5.41. The van der Waals surface area contributed by atoms with E-state index in [9.17, 15) is 14.7 Å². The molecular formula is C15H23N3O3. The summed E-state index contributed by atoms with van der Waals surface area (Å²) in [6, 6.07) is 5.01. The summed E-state index contributed by atoms with van der Waals surface area (Å²) in [5.74, 6) is 0. The third-order valence-corrected chi connectivity index (χ3v) is 3.68. The van der Waals surface area contributed by atoms with Gasteiger partial charge in [-0.3, -0.25) is 4.79 Å². The number of amides is 2. The van der Waals surface area contributed by atoms with Crippen molar-refractivity contribution in [2.75, 3.05) is 19.6 Å². The summed E-state index contributed by atoms with van der Waals surface area (Å²) in [5.41, 5.74) is 0.00356. The molecule has 2 heterocycles. The van der Waals surface area contributed by atoms with Crippen LogP contribution in [0.15, 0.2) is 29.2 Å². The molecule has 1 aromatic heterocycles. The molecule has 0 aliphatic carbocycles. The molecule has 1 atom stereocenters. The van der Waals surface area contributed by atoms with Gasteiger partial charge in [-0.1, -0.05) is 6.07 Å². The Morgan fingerprint density at radius 1 is 1.38 bits per heavy atom. The van der Waals surface area contributed by atoms with Gasteiger partial charge in [0.2, 0.25) is 5.56 Å². The van der Waals surface area contributed by atoms with E-state index in [1.54, 1.807) is 27.8 Å². The average molecular weight is 293 g/mol. The lowest BCUT2D eigenvalue weighted by Crippen LogP contribution is -2.47. The maximum absolute atomic E-state index is 11.9. The molecule has 2 amide bonds. The number of aryl methyl sites for hydroxylation is 1. The van der Waals surface area contributed by atoms with Gasteiger partial charge in [0.25, 0.3) is 0 Å².